The summed E-state index contributed by atoms with van der Waals surface area (Å²) in [5, 5.41) is 0.956. The van der Waals surface area contributed by atoms with Crippen LogP contribution in [0.3, 0.4) is 0 Å². The van der Waals surface area contributed by atoms with Crippen molar-refractivity contribution in [2.24, 2.45) is 5.92 Å². The first-order chi connectivity index (χ1) is 13.7. The van der Waals surface area contributed by atoms with Gasteiger partial charge < -0.3 is 19.2 Å². The van der Waals surface area contributed by atoms with Crippen LogP contribution >= 0.6 is 0 Å². The molecule has 4 rings (SSSR count). The van der Waals surface area contributed by atoms with Crippen molar-refractivity contribution in [3.63, 3.8) is 0 Å². The Bertz CT molecular complexity index is 969. The maximum absolute atomic E-state index is 13.5. The number of nitrogens with one attached hydrogen (secondary N) is 1. The number of fused-ring (bicyclic) bond motifs is 1. The Kier molecular flexibility index (Phi) is 5.35. The highest BCUT2D eigenvalue weighted by molar-refractivity contribution is 6.11. The zero-order valence-electron chi connectivity index (χ0n) is 16.3. The van der Waals surface area contributed by atoms with E-state index in [0.29, 0.717) is 23.8 Å². The van der Waals surface area contributed by atoms with Gasteiger partial charge in [-0.15, -0.1) is 0 Å². The average molecular weight is 379 g/mol. The lowest BCUT2D eigenvalue weighted by molar-refractivity contribution is 0.0890. The maximum atomic E-state index is 13.5. The van der Waals surface area contributed by atoms with Gasteiger partial charge in [-0.25, -0.2) is 0 Å². The van der Waals surface area contributed by atoms with E-state index in [0.717, 1.165) is 47.9 Å². The van der Waals surface area contributed by atoms with Crippen LogP contribution in [-0.2, 0) is 4.74 Å². The van der Waals surface area contributed by atoms with Crippen molar-refractivity contribution in [1.82, 2.24) is 4.98 Å². The first kappa shape index (κ1) is 18.6. The van der Waals surface area contributed by atoms with E-state index in [1.807, 2.05) is 42.5 Å². The van der Waals surface area contributed by atoms with Crippen molar-refractivity contribution < 1.29 is 19.0 Å². The summed E-state index contributed by atoms with van der Waals surface area (Å²) in [7, 11) is 3.23. The minimum absolute atomic E-state index is 0.0261. The highest BCUT2D eigenvalue weighted by Gasteiger charge is 2.27. The van der Waals surface area contributed by atoms with Gasteiger partial charge in [-0.3, -0.25) is 4.79 Å². The molecule has 0 radical (unpaired) electrons. The number of Topliss-reactive ketones (excluding diaryl/α,β-unsaturated/α-hetero) is 1. The van der Waals surface area contributed by atoms with Crippen molar-refractivity contribution in [1.29, 1.82) is 0 Å². The number of carbonyl (C=O) groups excluding carboxylic acids is 1. The van der Waals surface area contributed by atoms with Crippen LogP contribution < -0.4 is 9.47 Å². The van der Waals surface area contributed by atoms with Gasteiger partial charge >= 0.3 is 0 Å². The Balaban J connectivity index is 1.90. The Labute approximate surface area is 164 Å². The van der Waals surface area contributed by atoms with E-state index in [1.54, 1.807) is 14.2 Å². The van der Waals surface area contributed by atoms with Gasteiger partial charge in [0.1, 0.15) is 0 Å². The Morgan fingerprint density at radius 2 is 1.79 bits per heavy atom. The summed E-state index contributed by atoms with van der Waals surface area (Å²) in [6.07, 6.45) is 2.53. The third-order valence-corrected chi connectivity index (χ3v) is 5.43. The highest BCUT2D eigenvalue weighted by atomic mass is 16.5. The zero-order valence-corrected chi connectivity index (χ0v) is 16.3. The second-order valence-electron chi connectivity index (χ2n) is 7.10. The molecule has 1 aliphatic rings. The molecule has 1 fully saturated rings. The molecule has 0 amide bonds. The Hall–Kier alpha value is -2.79. The van der Waals surface area contributed by atoms with Gasteiger partial charge in [0.25, 0.3) is 0 Å². The van der Waals surface area contributed by atoms with Crippen LogP contribution in [0.1, 0.15) is 29.8 Å². The van der Waals surface area contributed by atoms with E-state index in [4.69, 9.17) is 14.2 Å². The van der Waals surface area contributed by atoms with Gasteiger partial charge in [0.05, 0.1) is 25.4 Å². The number of methoxy groups -OCH3 is 2. The number of aromatic amines is 1. The van der Waals surface area contributed by atoms with Crippen LogP contribution in [0.25, 0.3) is 22.0 Å². The van der Waals surface area contributed by atoms with Crippen molar-refractivity contribution in [3.05, 3.63) is 48.2 Å². The number of aromatic nitrogens is 1. The topological polar surface area (TPSA) is 60.6 Å². The third kappa shape index (κ3) is 3.38. The van der Waals surface area contributed by atoms with E-state index < -0.39 is 0 Å². The van der Waals surface area contributed by atoms with Crippen LogP contribution in [0.2, 0.25) is 0 Å². The lowest BCUT2D eigenvalue weighted by Gasteiger charge is -2.13. The molecule has 2 aromatic carbocycles. The maximum Gasteiger partial charge on any atom is 0.182 e. The number of ether oxygens (including phenoxy) is 3. The molecule has 1 saturated heterocycles. The van der Waals surface area contributed by atoms with Gasteiger partial charge in [0.15, 0.2) is 17.3 Å². The molecular formula is C23H25NO4. The fourth-order valence-electron chi connectivity index (χ4n) is 3.98. The quantitative estimate of drug-likeness (QED) is 0.644. The zero-order chi connectivity index (χ0) is 19.5. The lowest BCUT2D eigenvalue weighted by atomic mass is 9.90. The first-order valence-electron chi connectivity index (χ1n) is 9.68. The summed E-state index contributed by atoms with van der Waals surface area (Å²) in [5.41, 5.74) is 3.45. The van der Waals surface area contributed by atoms with E-state index >= 15 is 0 Å². The summed E-state index contributed by atoms with van der Waals surface area (Å²) in [6.45, 7) is 1.37. The fraction of sp³-hybridized carbons (Fsp3) is 0.348. The van der Waals surface area contributed by atoms with Crippen LogP contribution in [0.15, 0.2) is 42.5 Å². The third-order valence-electron chi connectivity index (χ3n) is 5.43. The van der Waals surface area contributed by atoms with Gasteiger partial charge in [0.2, 0.25) is 0 Å². The Morgan fingerprint density at radius 1 is 1.04 bits per heavy atom. The summed E-state index contributed by atoms with van der Waals surface area (Å²) in [4.78, 5) is 16.9. The van der Waals surface area contributed by atoms with E-state index in [9.17, 15) is 4.79 Å². The molecule has 0 saturated carbocycles. The van der Waals surface area contributed by atoms with Crippen molar-refractivity contribution in [3.8, 4) is 22.6 Å². The summed E-state index contributed by atoms with van der Waals surface area (Å²) < 4.78 is 16.5. The van der Waals surface area contributed by atoms with Gasteiger partial charge in [-0.1, -0.05) is 30.3 Å². The summed E-state index contributed by atoms with van der Waals surface area (Å²) >= 11 is 0. The number of rotatable bonds is 5. The molecule has 0 aliphatic carbocycles. The predicted octanol–water partition coefficient (Wildman–Crippen LogP) is 4.85. The molecule has 0 spiro atoms. The number of H-pyrrole nitrogens is 1. The molecule has 5 nitrogen and oxygen atoms in total. The van der Waals surface area contributed by atoms with Crippen LogP contribution in [0, 0.1) is 5.92 Å². The predicted molar refractivity (Wildman–Crippen MR) is 109 cm³/mol. The van der Waals surface area contributed by atoms with E-state index in [1.165, 1.54) is 0 Å². The second-order valence-corrected chi connectivity index (χ2v) is 7.10. The molecule has 0 bridgehead atoms. The average Bonchev–Trinajstić information content (AvgIpc) is 2.90. The minimum atomic E-state index is -0.0261. The number of hydrogen-bond acceptors (Lipinski definition) is 4. The summed E-state index contributed by atoms with van der Waals surface area (Å²) in [5.74, 6) is 1.41. The van der Waals surface area contributed by atoms with Gasteiger partial charge in [0, 0.05) is 36.1 Å². The lowest BCUT2D eigenvalue weighted by Crippen LogP contribution is -2.16. The second kappa shape index (κ2) is 8.07. The van der Waals surface area contributed by atoms with E-state index in [2.05, 4.69) is 4.98 Å². The largest absolute Gasteiger partial charge is 0.493 e. The molecular weight excluding hydrogens is 354 g/mol. The molecule has 146 valence electrons. The number of carbonyl (C=O) groups is 1. The van der Waals surface area contributed by atoms with Crippen molar-refractivity contribution in [2.45, 2.75) is 19.3 Å². The smallest absolute Gasteiger partial charge is 0.182 e. The SMILES string of the molecule is COc1cc2[nH]c(C(=O)C3CCCOCC3)c(-c3ccccc3)c2cc1OC. The molecule has 1 N–H and O–H groups in total. The monoisotopic (exact) mass is 379 g/mol. The van der Waals surface area contributed by atoms with Crippen LogP contribution in [0.5, 0.6) is 11.5 Å². The van der Waals surface area contributed by atoms with Crippen LogP contribution in [0.4, 0.5) is 0 Å². The van der Waals surface area contributed by atoms with E-state index in [-0.39, 0.29) is 11.7 Å². The molecule has 3 aromatic rings. The molecule has 2 heterocycles. The first-order valence-corrected chi connectivity index (χ1v) is 9.68. The van der Waals surface area contributed by atoms with Crippen molar-refractivity contribution >= 4 is 16.7 Å². The molecule has 28 heavy (non-hydrogen) atoms. The molecule has 1 aliphatic heterocycles. The fourth-order valence-corrected chi connectivity index (χ4v) is 3.98. The molecule has 5 heteroatoms. The number of benzene rings is 2. The standard InChI is InChI=1S/C23H25NO4/c1-26-19-13-17-18(14-20(19)27-2)24-22(21(17)15-7-4-3-5-8-15)23(25)16-9-6-11-28-12-10-16/h3-5,7-8,13-14,16,24H,6,9-12H2,1-2H3. The highest BCUT2D eigenvalue weighted by Crippen LogP contribution is 2.40. The van der Waals surface area contributed by atoms with Gasteiger partial charge in [-0.05, 0) is 30.9 Å². The van der Waals surface area contributed by atoms with Crippen LogP contribution in [-0.4, -0.2) is 38.2 Å². The van der Waals surface area contributed by atoms with Crippen molar-refractivity contribution in [2.75, 3.05) is 27.4 Å². The number of ketones is 1. The summed E-state index contributed by atoms with van der Waals surface area (Å²) in [6, 6.07) is 13.9. The Morgan fingerprint density at radius 3 is 2.54 bits per heavy atom. The number of hydrogen-bond donors (Lipinski definition) is 1. The molecule has 1 unspecified atom stereocenters. The minimum Gasteiger partial charge on any atom is -0.493 e. The van der Waals surface area contributed by atoms with Gasteiger partial charge in [-0.2, -0.15) is 0 Å². The normalized spacial score (nSPS) is 17.3. The molecule has 1 atom stereocenters. The molecule has 1 aromatic heterocycles.